The van der Waals surface area contributed by atoms with Gasteiger partial charge in [0.05, 0.1) is 6.42 Å². The summed E-state index contributed by atoms with van der Waals surface area (Å²) in [5.74, 6) is 0.627. The Morgan fingerprint density at radius 2 is 2.14 bits per heavy atom. The fraction of sp³-hybridized carbons (Fsp3) is 0.364. The van der Waals surface area contributed by atoms with Gasteiger partial charge in [-0.1, -0.05) is 17.7 Å². The highest BCUT2D eigenvalue weighted by molar-refractivity contribution is 6.18. The zero-order valence-electron chi connectivity index (χ0n) is 8.34. The minimum Gasteiger partial charge on any atom is -0.426 e. The third-order valence-electron chi connectivity index (χ3n) is 1.85. The van der Waals surface area contributed by atoms with E-state index in [0.29, 0.717) is 11.6 Å². The highest BCUT2D eigenvalue weighted by Crippen LogP contribution is 2.19. The number of alkyl halides is 1. The van der Waals surface area contributed by atoms with E-state index in [4.69, 9.17) is 16.3 Å². The molecule has 0 spiro atoms. The third kappa shape index (κ3) is 3.04. The largest absolute Gasteiger partial charge is 0.426 e. The maximum atomic E-state index is 11.1. The van der Waals surface area contributed by atoms with Crippen molar-refractivity contribution in [2.24, 2.45) is 0 Å². The fourth-order valence-corrected chi connectivity index (χ4v) is 1.32. The van der Waals surface area contributed by atoms with E-state index in [2.05, 4.69) is 0 Å². The van der Waals surface area contributed by atoms with Crippen molar-refractivity contribution in [3.8, 4) is 5.75 Å². The Labute approximate surface area is 88.8 Å². The molecule has 0 N–H and O–H groups in total. The highest BCUT2D eigenvalue weighted by atomic mass is 35.5. The van der Waals surface area contributed by atoms with Crippen LogP contribution in [-0.2, 0) is 4.79 Å². The summed E-state index contributed by atoms with van der Waals surface area (Å²) in [5, 5.41) is 0. The van der Waals surface area contributed by atoms with Gasteiger partial charge in [-0.3, -0.25) is 4.79 Å². The quantitative estimate of drug-likeness (QED) is 0.438. The Kier molecular flexibility index (Phi) is 3.96. The van der Waals surface area contributed by atoms with E-state index in [1.54, 1.807) is 6.07 Å². The van der Waals surface area contributed by atoms with E-state index >= 15 is 0 Å². The van der Waals surface area contributed by atoms with Gasteiger partial charge in [-0.25, -0.2) is 0 Å². The second-order valence-corrected chi connectivity index (χ2v) is 3.56. The molecule has 0 aliphatic heterocycles. The molecule has 0 saturated carbocycles. The molecule has 0 aliphatic rings. The molecule has 1 aromatic rings. The van der Waals surface area contributed by atoms with Crippen LogP contribution < -0.4 is 4.74 Å². The molecule has 0 atom stereocenters. The van der Waals surface area contributed by atoms with Crippen molar-refractivity contribution in [1.29, 1.82) is 0 Å². The lowest BCUT2D eigenvalue weighted by Crippen LogP contribution is -2.08. The molecular formula is C11H13ClO2. The van der Waals surface area contributed by atoms with Crippen LogP contribution in [0.1, 0.15) is 17.5 Å². The van der Waals surface area contributed by atoms with E-state index in [9.17, 15) is 4.79 Å². The molecule has 0 bridgehead atoms. The molecular weight excluding hydrogens is 200 g/mol. The summed E-state index contributed by atoms with van der Waals surface area (Å²) in [6, 6.07) is 5.69. The van der Waals surface area contributed by atoms with Crippen molar-refractivity contribution >= 4 is 17.6 Å². The lowest BCUT2D eigenvalue weighted by atomic mass is 10.1. The molecule has 1 aromatic carbocycles. The van der Waals surface area contributed by atoms with E-state index in [0.717, 1.165) is 11.1 Å². The van der Waals surface area contributed by atoms with E-state index in [1.807, 2.05) is 26.0 Å². The van der Waals surface area contributed by atoms with Gasteiger partial charge in [0.15, 0.2) is 0 Å². The van der Waals surface area contributed by atoms with Crippen molar-refractivity contribution < 1.29 is 9.53 Å². The number of hydrogen-bond acceptors (Lipinski definition) is 2. The minimum absolute atomic E-state index is 0.245. The Hall–Kier alpha value is -1.02. The summed E-state index contributed by atoms with van der Waals surface area (Å²) in [6.45, 7) is 3.91. The van der Waals surface area contributed by atoms with Crippen LogP contribution in [0.5, 0.6) is 5.75 Å². The molecule has 0 aliphatic carbocycles. The predicted molar refractivity (Wildman–Crippen MR) is 56.9 cm³/mol. The van der Waals surface area contributed by atoms with E-state index in [1.165, 1.54) is 0 Å². The second kappa shape index (κ2) is 5.01. The van der Waals surface area contributed by atoms with Crippen molar-refractivity contribution in [1.82, 2.24) is 0 Å². The van der Waals surface area contributed by atoms with Gasteiger partial charge >= 0.3 is 5.97 Å². The minimum atomic E-state index is -0.285. The number of esters is 1. The van der Waals surface area contributed by atoms with Crippen LogP contribution in [-0.4, -0.2) is 11.8 Å². The van der Waals surface area contributed by atoms with Crippen LogP contribution in [0.25, 0.3) is 0 Å². The average molecular weight is 213 g/mol. The van der Waals surface area contributed by atoms with Gasteiger partial charge in [0.25, 0.3) is 0 Å². The lowest BCUT2D eigenvalue weighted by molar-refractivity contribution is -0.133. The standard InChI is InChI=1S/C11H13ClO2/c1-8-3-4-10(9(2)7-8)14-11(13)5-6-12/h3-4,7H,5-6H2,1-2H3. The van der Waals surface area contributed by atoms with Crippen LogP contribution >= 0.6 is 11.6 Å². The van der Waals surface area contributed by atoms with Crippen molar-refractivity contribution in [2.45, 2.75) is 20.3 Å². The third-order valence-corrected chi connectivity index (χ3v) is 2.04. The molecule has 14 heavy (non-hydrogen) atoms. The van der Waals surface area contributed by atoms with Gasteiger partial charge in [-0.05, 0) is 25.5 Å². The number of carbonyl (C=O) groups excluding carboxylic acids is 1. The molecule has 0 fully saturated rings. The molecule has 0 radical (unpaired) electrons. The van der Waals surface area contributed by atoms with Gasteiger partial charge in [-0.2, -0.15) is 0 Å². The Morgan fingerprint density at radius 3 is 2.71 bits per heavy atom. The first kappa shape index (κ1) is 11.1. The highest BCUT2D eigenvalue weighted by Gasteiger charge is 2.05. The number of ether oxygens (including phenoxy) is 1. The Bertz CT molecular complexity index is 334. The normalized spacial score (nSPS) is 9.93. The molecule has 0 saturated heterocycles. The number of aryl methyl sites for hydroxylation is 2. The van der Waals surface area contributed by atoms with Crippen LogP contribution in [0.4, 0.5) is 0 Å². The Balaban J connectivity index is 2.72. The summed E-state index contributed by atoms with van der Waals surface area (Å²) in [6.07, 6.45) is 0.245. The zero-order valence-corrected chi connectivity index (χ0v) is 9.10. The van der Waals surface area contributed by atoms with Crippen LogP contribution in [0.15, 0.2) is 18.2 Å². The maximum Gasteiger partial charge on any atom is 0.312 e. The van der Waals surface area contributed by atoms with Crippen molar-refractivity contribution in [3.63, 3.8) is 0 Å². The second-order valence-electron chi connectivity index (χ2n) is 3.18. The van der Waals surface area contributed by atoms with Crippen LogP contribution in [0.2, 0.25) is 0 Å². The number of rotatable bonds is 3. The molecule has 1 rings (SSSR count). The summed E-state index contributed by atoms with van der Waals surface area (Å²) < 4.78 is 5.12. The van der Waals surface area contributed by atoms with E-state index < -0.39 is 0 Å². The number of carbonyl (C=O) groups is 1. The fourth-order valence-electron chi connectivity index (χ4n) is 1.16. The molecule has 3 heteroatoms. The maximum absolute atomic E-state index is 11.1. The van der Waals surface area contributed by atoms with Crippen LogP contribution in [0.3, 0.4) is 0 Å². The summed E-state index contributed by atoms with van der Waals surface area (Å²) in [5.41, 5.74) is 2.12. The van der Waals surface area contributed by atoms with Gasteiger partial charge in [-0.15, -0.1) is 11.6 Å². The molecule has 76 valence electrons. The van der Waals surface area contributed by atoms with E-state index in [-0.39, 0.29) is 12.4 Å². The molecule has 0 unspecified atom stereocenters. The number of benzene rings is 1. The monoisotopic (exact) mass is 212 g/mol. The van der Waals surface area contributed by atoms with Gasteiger partial charge in [0.1, 0.15) is 5.75 Å². The van der Waals surface area contributed by atoms with Gasteiger partial charge in [0, 0.05) is 5.88 Å². The number of hydrogen-bond donors (Lipinski definition) is 0. The molecule has 0 heterocycles. The first-order valence-corrected chi connectivity index (χ1v) is 5.01. The molecule has 0 amide bonds. The predicted octanol–water partition coefficient (Wildman–Crippen LogP) is 2.84. The zero-order chi connectivity index (χ0) is 10.6. The molecule has 2 nitrogen and oxygen atoms in total. The topological polar surface area (TPSA) is 26.3 Å². The first-order valence-electron chi connectivity index (χ1n) is 4.47. The van der Waals surface area contributed by atoms with Crippen molar-refractivity contribution in [2.75, 3.05) is 5.88 Å². The van der Waals surface area contributed by atoms with Gasteiger partial charge in [0.2, 0.25) is 0 Å². The summed E-state index contributed by atoms with van der Waals surface area (Å²) >= 11 is 5.43. The summed E-state index contributed by atoms with van der Waals surface area (Å²) in [4.78, 5) is 11.1. The average Bonchev–Trinajstić information content (AvgIpc) is 2.10. The smallest absolute Gasteiger partial charge is 0.312 e. The van der Waals surface area contributed by atoms with Gasteiger partial charge < -0.3 is 4.74 Å². The molecule has 0 aromatic heterocycles. The Morgan fingerprint density at radius 1 is 1.43 bits per heavy atom. The van der Waals surface area contributed by atoms with Crippen molar-refractivity contribution in [3.05, 3.63) is 29.3 Å². The summed E-state index contributed by atoms with van der Waals surface area (Å²) in [7, 11) is 0. The number of halogens is 1. The van der Waals surface area contributed by atoms with Crippen LogP contribution in [0, 0.1) is 13.8 Å². The SMILES string of the molecule is Cc1ccc(OC(=O)CCCl)c(C)c1. The lowest BCUT2D eigenvalue weighted by Gasteiger charge is -2.06. The first-order chi connectivity index (χ1) is 6.63.